The van der Waals surface area contributed by atoms with Crippen molar-refractivity contribution < 1.29 is 22.7 Å². The average molecular weight is 477 g/mol. The van der Waals surface area contributed by atoms with Crippen LogP contribution in [0.4, 0.5) is 23.7 Å². The second-order valence-corrected chi connectivity index (χ2v) is 8.21. The third kappa shape index (κ3) is 4.23. The van der Waals surface area contributed by atoms with Gasteiger partial charge in [0.05, 0.1) is 36.6 Å². The number of halogens is 3. The molecule has 0 spiro atoms. The van der Waals surface area contributed by atoms with Crippen LogP contribution in [0, 0.1) is 0 Å². The minimum Gasteiger partial charge on any atom is -0.497 e. The number of fused-ring (bicyclic) bond motifs is 3. The van der Waals surface area contributed by atoms with Gasteiger partial charge >= 0.3 is 12.2 Å². The third-order valence-corrected chi connectivity index (χ3v) is 6.13. The van der Waals surface area contributed by atoms with Crippen molar-refractivity contribution in [3.8, 4) is 11.4 Å². The van der Waals surface area contributed by atoms with Crippen LogP contribution in [0.5, 0.6) is 5.75 Å². The molecule has 0 fully saturated rings. The van der Waals surface area contributed by atoms with E-state index >= 15 is 0 Å². The Hall–Kier alpha value is -4.20. The molecule has 0 unspecified atom stereocenters. The van der Waals surface area contributed by atoms with E-state index in [2.05, 4.69) is 5.32 Å². The van der Waals surface area contributed by atoms with E-state index in [0.717, 1.165) is 28.6 Å². The topological polar surface area (TPSA) is 46.5 Å². The zero-order chi connectivity index (χ0) is 24.6. The molecule has 8 heteroatoms. The van der Waals surface area contributed by atoms with Crippen LogP contribution in [0.2, 0.25) is 0 Å². The van der Waals surface area contributed by atoms with Crippen molar-refractivity contribution in [3.63, 3.8) is 0 Å². The molecule has 5 rings (SSSR count). The van der Waals surface area contributed by atoms with Crippen LogP contribution in [0.3, 0.4) is 0 Å². The van der Waals surface area contributed by atoms with E-state index in [1.165, 1.54) is 18.2 Å². The summed E-state index contributed by atoms with van der Waals surface area (Å²) in [6.07, 6.45) is -2.68. The van der Waals surface area contributed by atoms with Crippen molar-refractivity contribution in [2.75, 3.05) is 12.4 Å². The second-order valence-electron chi connectivity index (χ2n) is 8.21. The van der Waals surface area contributed by atoms with Gasteiger partial charge in [-0.15, -0.1) is 0 Å². The van der Waals surface area contributed by atoms with Gasteiger partial charge in [-0.3, -0.25) is 0 Å². The molecule has 4 aromatic rings. The summed E-state index contributed by atoms with van der Waals surface area (Å²) < 4.78 is 48.1. The van der Waals surface area contributed by atoms with E-state index in [9.17, 15) is 18.0 Å². The Bertz CT molecular complexity index is 1360. The molecule has 5 nitrogen and oxygen atoms in total. The Labute approximate surface area is 200 Å². The van der Waals surface area contributed by atoms with E-state index in [0.29, 0.717) is 5.75 Å². The number of ether oxygens (including phenoxy) is 1. The number of benzene rings is 3. The molecule has 0 saturated carbocycles. The lowest BCUT2D eigenvalue weighted by Gasteiger charge is -2.31. The maximum atomic E-state index is 13.7. The quantitative estimate of drug-likeness (QED) is 0.360. The van der Waals surface area contributed by atoms with Gasteiger partial charge in [-0.25, -0.2) is 4.79 Å². The molecular formula is C27H22F3N3O2. The number of anilines is 1. The molecule has 1 N–H and O–H groups in total. The van der Waals surface area contributed by atoms with Crippen molar-refractivity contribution in [3.05, 3.63) is 114 Å². The van der Waals surface area contributed by atoms with Crippen molar-refractivity contribution in [2.45, 2.75) is 18.8 Å². The van der Waals surface area contributed by atoms with Crippen LogP contribution < -0.4 is 10.1 Å². The number of nitrogens with one attached hydrogen (secondary N) is 1. The number of hydrogen-bond acceptors (Lipinski definition) is 2. The fourth-order valence-corrected chi connectivity index (χ4v) is 4.50. The number of para-hydroxylation sites is 2. The number of aromatic nitrogens is 1. The Morgan fingerprint density at radius 1 is 0.943 bits per heavy atom. The van der Waals surface area contributed by atoms with Crippen LogP contribution in [0.25, 0.3) is 5.69 Å². The number of alkyl halides is 3. The van der Waals surface area contributed by atoms with Crippen molar-refractivity contribution in [1.29, 1.82) is 0 Å². The summed E-state index contributed by atoms with van der Waals surface area (Å²) in [5.41, 5.74) is 2.23. The van der Waals surface area contributed by atoms with Gasteiger partial charge in [0.15, 0.2) is 0 Å². The third-order valence-electron chi connectivity index (χ3n) is 6.13. The van der Waals surface area contributed by atoms with Gasteiger partial charge in [-0.1, -0.05) is 42.5 Å². The number of methoxy groups -OCH3 is 1. The zero-order valence-corrected chi connectivity index (χ0v) is 18.8. The van der Waals surface area contributed by atoms with Gasteiger partial charge in [-0.05, 0) is 53.6 Å². The number of nitrogens with zero attached hydrogens (tertiary/aromatic N) is 2. The normalized spacial score (nSPS) is 15.1. The summed E-state index contributed by atoms with van der Waals surface area (Å²) in [6, 6.07) is 22.6. The van der Waals surface area contributed by atoms with Gasteiger partial charge in [0.2, 0.25) is 0 Å². The molecule has 0 aliphatic carbocycles. The summed E-state index contributed by atoms with van der Waals surface area (Å²) in [5, 5.41) is 2.52. The van der Waals surface area contributed by atoms with Gasteiger partial charge in [-0.2, -0.15) is 13.2 Å². The summed E-state index contributed by atoms with van der Waals surface area (Å²) in [4.78, 5) is 15.2. The molecular weight excluding hydrogens is 455 g/mol. The number of carbonyl (C=O) groups excluding carboxylic acids is 1. The Kier molecular flexibility index (Phi) is 5.72. The first-order valence-corrected chi connectivity index (χ1v) is 11.0. The zero-order valence-electron chi connectivity index (χ0n) is 18.8. The first-order valence-electron chi connectivity index (χ1n) is 11.0. The maximum Gasteiger partial charge on any atom is 0.418 e. The molecule has 35 heavy (non-hydrogen) atoms. The predicted molar refractivity (Wildman–Crippen MR) is 127 cm³/mol. The molecule has 178 valence electrons. The van der Waals surface area contributed by atoms with Crippen molar-refractivity contribution in [2.24, 2.45) is 0 Å². The summed E-state index contributed by atoms with van der Waals surface area (Å²) >= 11 is 0. The standard InChI is InChI=1S/C27H22F3N3O2/c1-35-20-14-12-18(13-15-20)25-24-11-6-16-32(24)23-10-5-2-7-19(23)17-33(25)26(34)31-22-9-4-3-8-21(22)27(28,29)30/h2-16,25H,17H2,1H3,(H,31,34)/t25-/m1/s1. The van der Waals surface area contributed by atoms with Gasteiger partial charge in [0.1, 0.15) is 5.75 Å². The molecule has 3 aromatic carbocycles. The number of rotatable bonds is 3. The fourth-order valence-electron chi connectivity index (χ4n) is 4.50. The lowest BCUT2D eigenvalue weighted by atomic mass is 10.0. The lowest BCUT2D eigenvalue weighted by molar-refractivity contribution is -0.136. The molecule has 0 saturated heterocycles. The van der Waals surface area contributed by atoms with Gasteiger partial charge in [0, 0.05) is 11.9 Å². The van der Waals surface area contributed by atoms with E-state index in [-0.39, 0.29) is 12.2 Å². The number of hydrogen-bond donors (Lipinski definition) is 1. The van der Waals surface area contributed by atoms with Crippen LogP contribution in [-0.4, -0.2) is 22.6 Å². The van der Waals surface area contributed by atoms with Crippen LogP contribution in [0.15, 0.2) is 91.1 Å². The van der Waals surface area contributed by atoms with E-state index < -0.39 is 23.8 Å². The fraction of sp³-hybridized carbons (Fsp3) is 0.148. The van der Waals surface area contributed by atoms with Crippen molar-refractivity contribution in [1.82, 2.24) is 9.47 Å². The minimum atomic E-state index is -4.60. The number of carbonyl (C=O) groups is 1. The highest BCUT2D eigenvalue weighted by Crippen LogP contribution is 2.39. The highest BCUT2D eigenvalue weighted by Gasteiger charge is 2.36. The number of urea groups is 1. The number of amides is 2. The molecule has 1 atom stereocenters. The lowest BCUT2D eigenvalue weighted by Crippen LogP contribution is -2.38. The smallest absolute Gasteiger partial charge is 0.418 e. The molecule has 1 aliphatic heterocycles. The second kappa shape index (κ2) is 8.87. The van der Waals surface area contributed by atoms with Crippen LogP contribution in [-0.2, 0) is 12.7 Å². The predicted octanol–water partition coefficient (Wildman–Crippen LogP) is 6.64. The van der Waals surface area contributed by atoms with E-state index in [1.54, 1.807) is 24.1 Å². The van der Waals surface area contributed by atoms with Crippen LogP contribution in [0.1, 0.15) is 28.4 Å². The Balaban J connectivity index is 1.62. The molecule has 0 radical (unpaired) electrons. The summed E-state index contributed by atoms with van der Waals surface area (Å²) in [7, 11) is 1.57. The molecule has 1 aliphatic rings. The van der Waals surface area contributed by atoms with Crippen molar-refractivity contribution >= 4 is 11.7 Å². The van der Waals surface area contributed by atoms with E-state index in [1.807, 2.05) is 59.3 Å². The monoisotopic (exact) mass is 477 g/mol. The summed E-state index contributed by atoms with van der Waals surface area (Å²) in [6.45, 7) is 0.203. The highest BCUT2D eigenvalue weighted by atomic mass is 19.4. The Morgan fingerprint density at radius 3 is 2.40 bits per heavy atom. The maximum absolute atomic E-state index is 13.7. The first kappa shape index (κ1) is 22.6. The van der Waals surface area contributed by atoms with Gasteiger partial charge < -0.3 is 19.5 Å². The first-order chi connectivity index (χ1) is 16.9. The van der Waals surface area contributed by atoms with E-state index in [4.69, 9.17) is 4.74 Å². The largest absolute Gasteiger partial charge is 0.497 e. The Morgan fingerprint density at radius 2 is 1.66 bits per heavy atom. The average Bonchev–Trinajstić information content (AvgIpc) is 3.28. The molecule has 0 bridgehead atoms. The highest BCUT2D eigenvalue weighted by molar-refractivity contribution is 5.91. The summed E-state index contributed by atoms with van der Waals surface area (Å²) in [5.74, 6) is 0.663. The molecule has 2 amide bonds. The SMILES string of the molecule is COc1ccc([C@@H]2c3cccn3-c3ccccc3CN2C(=O)Nc2ccccc2C(F)(F)F)cc1. The van der Waals surface area contributed by atoms with Crippen LogP contribution >= 0.6 is 0 Å². The molecule has 1 aromatic heterocycles. The minimum absolute atomic E-state index is 0.203. The molecule has 2 heterocycles. The van der Waals surface area contributed by atoms with Gasteiger partial charge in [0.25, 0.3) is 0 Å².